The molecule has 0 radical (unpaired) electrons. The first-order chi connectivity index (χ1) is 7.83. The summed E-state index contributed by atoms with van der Waals surface area (Å²) in [5.74, 6) is 0.275. The van der Waals surface area contributed by atoms with E-state index in [4.69, 9.17) is 0 Å². The summed E-state index contributed by atoms with van der Waals surface area (Å²) in [6, 6.07) is 9.07. The lowest BCUT2D eigenvalue weighted by Crippen LogP contribution is -1.75. The van der Waals surface area contributed by atoms with E-state index < -0.39 is 0 Å². The van der Waals surface area contributed by atoms with Gasteiger partial charge in [-0.1, -0.05) is 0 Å². The highest BCUT2D eigenvalue weighted by Crippen LogP contribution is 2.31. The van der Waals surface area contributed by atoms with Crippen LogP contribution >= 0.6 is 11.3 Å². The molecule has 2 aromatic heterocycles. The van der Waals surface area contributed by atoms with Gasteiger partial charge < -0.3 is 5.11 Å². The van der Waals surface area contributed by atoms with E-state index in [9.17, 15) is 5.11 Å². The third-order valence-electron chi connectivity index (χ3n) is 2.30. The topological polar surface area (TPSA) is 46.0 Å². The molecule has 0 saturated carbocycles. The minimum absolute atomic E-state index is 0.275. The summed E-state index contributed by atoms with van der Waals surface area (Å²) in [6.07, 6.45) is 3.50. The molecule has 1 aromatic carbocycles. The van der Waals surface area contributed by atoms with E-state index in [0.29, 0.717) is 0 Å². The zero-order valence-corrected chi connectivity index (χ0v) is 9.11. The first-order valence-corrected chi connectivity index (χ1v) is 5.64. The summed E-state index contributed by atoms with van der Waals surface area (Å²) in [5, 5.41) is 10.3. The number of aromatic hydroxyl groups is 1. The normalized spacial score (nSPS) is 10.8. The van der Waals surface area contributed by atoms with Gasteiger partial charge in [0.25, 0.3) is 0 Å². The number of rotatable bonds is 1. The standard InChI is InChI=1S/C12H8N2OS/c15-9-1-2-10-11(7-9)16-12(14-10)8-3-5-13-6-4-8/h1-7,15H. The van der Waals surface area contributed by atoms with E-state index in [2.05, 4.69) is 9.97 Å². The molecule has 3 rings (SSSR count). The highest BCUT2D eigenvalue weighted by molar-refractivity contribution is 7.21. The van der Waals surface area contributed by atoms with Gasteiger partial charge in [-0.15, -0.1) is 11.3 Å². The van der Waals surface area contributed by atoms with Gasteiger partial charge >= 0.3 is 0 Å². The molecular formula is C12H8N2OS. The van der Waals surface area contributed by atoms with E-state index in [0.717, 1.165) is 20.8 Å². The van der Waals surface area contributed by atoms with Gasteiger partial charge in [0.15, 0.2) is 0 Å². The fourth-order valence-corrected chi connectivity index (χ4v) is 2.54. The van der Waals surface area contributed by atoms with E-state index >= 15 is 0 Å². The van der Waals surface area contributed by atoms with Crippen LogP contribution in [0.3, 0.4) is 0 Å². The molecule has 0 bridgehead atoms. The van der Waals surface area contributed by atoms with E-state index in [1.807, 2.05) is 18.2 Å². The van der Waals surface area contributed by atoms with Crippen LogP contribution in [0.1, 0.15) is 0 Å². The van der Waals surface area contributed by atoms with Gasteiger partial charge in [0, 0.05) is 18.0 Å². The van der Waals surface area contributed by atoms with Crippen molar-refractivity contribution < 1.29 is 5.11 Å². The summed E-state index contributed by atoms with van der Waals surface area (Å²) >= 11 is 1.57. The highest BCUT2D eigenvalue weighted by atomic mass is 32.1. The van der Waals surface area contributed by atoms with Crippen molar-refractivity contribution in [3.05, 3.63) is 42.7 Å². The van der Waals surface area contributed by atoms with Crippen molar-refractivity contribution >= 4 is 21.6 Å². The van der Waals surface area contributed by atoms with E-state index in [-0.39, 0.29) is 5.75 Å². The third-order valence-corrected chi connectivity index (χ3v) is 3.37. The van der Waals surface area contributed by atoms with Crippen molar-refractivity contribution in [1.29, 1.82) is 0 Å². The average molecular weight is 228 g/mol. The zero-order chi connectivity index (χ0) is 11.0. The fraction of sp³-hybridized carbons (Fsp3) is 0. The SMILES string of the molecule is Oc1ccc2nc(-c3ccncc3)sc2c1. The maximum atomic E-state index is 9.38. The second-order valence-electron chi connectivity index (χ2n) is 3.41. The number of phenolic OH excluding ortho intramolecular Hbond substituents is 1. The number of nitrogens with zero attached hydrogens (tertiary/aromatic N) is 2. The molecule has 0 fully saturated rings. The number of pyridine rings is 1. The predicted octanol–water partition coefficient (Wildman–Crippen LogP) is 3.06. The number of aromatic nitrogens is 2. The monoisotopic (exact) mass is 228 g/mol. The van der Waals surface area contributed by atoms with Crippen LogP contribution in [-0.4, -0.2) is 15.1 Å². The lowest BCUT2D eigenvalue weighted by Gasteiger charge is -1.91. The molecule has 0 amide bonds. The molecule has 0 saturated heterocycles. The Bertz CT molecular complexity index is 634. The predicted molar refractivity (Wildman–Crippen MR) is 64.5 cm³/mol. The van der Waals surface area contributed by atoms with Crippen molar-refractivity contribution in [3.63, 3.8) is 0 Å². The molecule has 0 atom stereocenters. The summed E-state index contributed by atoms with van der Waals surface area (Å²) < 4.78 is 0.992. The second-order valence-corrected chi connectivity index (χ2v) is 4.44. The van der Waals surface area contributed by atoms with Crippen LogP contribution < -0.4 is 0 Å². The maximum Gasteiger partial charge on any atom is 0.124 e. The Morgan fingerprint density at radius 3 is 2.69 bits per heavy atom. The Labute approximate surface area is 96.0 Å². The Balaban J connectivity index is 2.19. The summed E-state index contributed by atoms with van der Waals surface area (Å²) in [7, 11) is 0. The first kappa shape index (κ1) is 9.30. The smallest absolute Gasteiger partial charge is 0.124 e. The first-order valence-electron chi connectivity index (χ1n) is 4.83. The molecule has 2 heterocycles. The van der Waals surface area contributed by atoms with Crippen LogP contribution in [0, 0.1) is 0 Å². The molecule has 16 heavy (non-hydrogen) atoms. The molecule has 4 heteroatoms. The lowest BCUT2D eigenvalue weighted by molar-refractivity contribution is 0.476. The van der Waals surface area contributed by atoms with Gasteiger partial charge in [-0.25, -0.2) is 4.98 Å². The zero-order valence-electron chi connectivity index (χ0n) is 8.29. The van der Waals surface area contributed by atoms with Crippen LogP contribution in [0.2, 0.25) is 0 Å². The number of thiazole rings is 1. The van der Waals surface area contributed by atoms with Gasteiger partial charge in [-0.3, -0.25) is 4.98 Å². The number of hydrogen-bond donors (Lipinski definition) is 1. The van der Waals surface area contributed by atoms with Crippen molar-refractivity contribution in [1.82, 2.24) is 9.97 Å². The molecule has 3 nitrogen and oxygen atoms in total. The van der Waals surface area contributed by atoms with E-state index in [1.165, 1.54) is 0 Å². The van der Waals surface area contributed by atoms with Gasteiger partial charge in [0.1, 0.15) is 10.8 Å². The Hall–Kier alpha value is -1.94. The van der Waals surface area contributed by atoms with E-state index in [1.54, 1.807) is 35.9 Å². The van der Waals surface area contributed by atoms with Gasteiger partial charge in [0.05, 0.1) is 10.2 Å². The minimum Gasteiger partial charge on any atom is -0.508 e. The molecule has 0 aliphatic carbocycles. The van der Waals surface area contributed by atoms with Crippen LogP contribution in [-0.2, 0) is 0 Å². The van der Waals surface area contributed by atoms with Crippen LogP contribution in [0.5, 0.6) is 5.75 Å². The average Bonchev–Trinajstić information content (AvgIpc) is 2.73. The van der Waals surface area contributed by atoms with Crippen molar-refractivity contribution in [2.45, 2.75) is 0 Å². The Kier molecular flexibility index (Phi) is 2.08. The molecule has 3 aromatic rings. The summed E-state index contributed by atoms with van der Waals surface area (Å²) in [4.78, 5) is 8.48. The number of phenols is 1. The van der Waals surface area contributed by atoms with Gasteiger partial charge in [-0.05, 0) is 30.3 Å². The van der Waals surface area contributed by atoms with Crippen molar-refractivity contribution in [3.8, 4) is 16.3 Å². The molecule has 1 N–H and O–H groups in total. The Morgan fingerprint density at radius 1 is 1.06 bits per heavy atom. The number of benzene rings is 1. The summed E-state index contributed by atoms with van der Waals surface area (Å²) in [5.41, 5.74) is 1.96. The van der Waals surface area contributed by atoms with Crippen LogP contribution in [0.25, 0.3) is 20.8 Å². The Morgan fingerprint density at radius 2 is 1.88 bits per heavy atom. The van der Waals surface area contributed by atoms with Gasteiger partial charge in [-0.2, -0.15) is 0 Å². The lowest BCUT2D eigenvalue weighted by atomic mass is 10.3. The number of fused-ring (bicyclic) bond motifs is 1. The van der Waals surface area contributed by atoms with Crippen LogP contribution in [0.4, 0.5) is 0 Å². The molecular weight excluding hydrogens is 220 g/mol. The van der Waals surface area contributed by atoms with Gasteiger partial charge in [0.2, 0.25) is 0 Å². The maximum absolute atomic E-state index is 9.38. The fourth-order valence-electron chi connectivity index (χ4n) is 1.53. The largest absolute Gasteiger partial charge is 0.508 e. The molecule has 0 unspecified atom stereocenters. The quantitative estimate of drug-likeness (QED) is 0.696. The molecule has 78 valence electrons. The highest BCUT2D eigenvalue weighted by Gasteiger charge is 2.05. The molecule has 0 aliphatic heterocycles. The van der Waals surface area contributed by atoms with Crippen molar-refractivity contribution in [2.24, 2.45) is 0 Å². The molecule has 0 aliphatic rings. The third kappa shape index (κ3) is 1.53. The minimum atomic E-state index is 0.275. The summed E-state index contributed by atoms with van der Waals surface area (Å²) in [6.45, 7) is 0. The van der Waals surface area contributed by atoms with Crippen LogP contribution in [0.15, 0.2) is 42.7 Å². The number of hydrogen-bond acceptors (Lipinski definition) is 4. The molecule has 0 spiro atoms. The second kappa shape index (κ2) is 3.57. The van der Waals surface area contributed by atoms with Crippen molar-refractivity contribution in [2.75, 3.05) is 0 Å².